The number of Topliss-reactive ketones (excluding diaryl/α,β-unsaturated/α-hetero) is 4. The number of carbonyl (C=O) groups excluding carboxylic acids is 8. The quantitative estimate of drug-likeness (QED) is 0.185. The van der Waals surface area contributed by atoms with Gasteiger partial charge in [-0.15, -0.1) is 0 Å². The molecule has 0 bridgehead atoms. The van der Waals surface area contributed by atoms with Crippen molar-refractivity contribution >= 4 is 74.3 Å². The van der Waals surface area contributed by atoms with Crippen molar-refractivity contribution in [3.05, 3.63) is 0 Å². The maximum absolute atomic E-state index is 9.83. The van der Waals surface area contributed by atoms with Gasteiger partial charge in [0.1, 0.15) is 23.1 Å². The zero-order valence-electron chi connectivity index (χ0n) is 16.2. The maximum atomic E-state index is 9.83. The van der Waals surface area contributed by atoms with Crippen LogP contribution in [-0.2, 0) is 38.4 Å². The molecule has 160 valence electrons. The summed E-state index contributed by atoms with van der Waals surface area (Å²) in [5.41, 5.74) is 0. The standard InChI is InChI=1S/4C4H6O3.Pb/c4*1-3(5)2-4(6)7;/h4*2H2,1H3,(H,6,7);/q;;;;+4/p-4. The van der Waals surface area contributed by atoms with E-state index in [0.29, 0.717) is 0 Å². The molecule has 0 amide bonds. The molecule has 0 spiro atoms. The normalized spacial score (nSPS) is 7.86. The monoisotopic (exact) mass is 612 g/mol. The summed E-state index contributed by atoms with van der Waals surface area (Å²) < 4.78 is 0. The van der Waals surface area contributed by atoms with E-state index in [1.807, 2.05) is 0 Å². The molecular weight excluding hydrogens is 591 g/mol. The zero-order valence-corrected chi connectivity index (χ0v) is 20.1. The molecule has 29 heavy (non-hydrogen) atoms. The third-order valence-corrected chi connectivity index (χ3v) is 1.57. The van der Waals surface area contributed by atoms with E-state index in [4.69, 9.17) is 0 Å². The largest absolute Gasteiger partial charge is 4.00 e. The molecule has 0 rings (SSSR count). The van der Waals surface area contributed by atoms with Crippen molar-refractivity contribution in [3.8, 4) is 0 Å². The van der Waals surface area contributed by atoms with Gasteiger partial charge in [0.2, 0.25) is 0 Å². The number of rotatable bonds is 8. The van der Waals surface area contributed by atoms with Crippen LogP contribution in [0.15, 0.2) is 0 Å². The molecule has 0 atom stereocenters. The van der Waals surface area contributed by atoms with Gasteiger partial charge in [0.25, 0.3) is 0 Å². The summed E-state index contributed by atoms with van der Waals surface area (Å²) in [5, 5.41) is 37.9. The van der Waals surface area contributed by atoms with Crippen molar-refractivity contribution in [2.75, 3.05) is 0 Å². The van der Waals surface area contributed by atoms with Gasteiger partial charge in [-0.25, -0.2) is 0 Å². The van der Waals surface area contributed by atoms with Crippen LogP contribution in [0.2, 0.25) is 0 Å². The molecule has 0 radical (unpaired) electrons. The molecule has 0 aromatic carbocycles. The molecule has 0 saturated heterocycles. The minimum Gasteiger partial charge on any atom is -0.550 e. The second-order valence-corrected chi connectivity index (χ2v) is 5.00. The van der Waals surface area contributed by atoms with E-state index in [0.717, 1.165) is 0 Å². The van der Waals surface area contributed by atoms with Crippen LogP contribution in [0.4, 0.5) is 0 Å². The molecule has 0 aliphatic rings. The smallest absolute Gasteiger partial charge is 0.550 e. The van der Waals surface area contributed by atoms with Crippen molar-refractivity contribution < 1.29 is 58.8 Å². The number of hydrogen-bond donors (Lipinski definition) is 0. The number of carboxylic acid groups (broad SMARTS) is 4. The van der Waals surface area contributed by atoms with E-state index >= 15 is 0 Å². The first kappa shape index (κ1) is 37.3. The zero-order chi connectivity index (χ0) is 23.4. The van der Waals surface area contributed by atoms with Crippen molar-refractivity contribution in [1.82, 2.24) is 0 Å². The Bertz CT molecular complexity index is 443. The second kappa shape index (κ2) is 23.5. The van der Waals surface area contributed by atoms with Crippen LogP contribution in [0.25, 0.3) is 0 Å². The Morgan fingerprint density at radius 2 is 0.517 bits per heavy atom. The average molecular weight is 612 g/mol. The average Bonchev–Trinajstić information content (AvgIpc) is 2.32. The fourth-order valence-corrected chi connectivity index (χ4v) is 0.813. The summed E-state index contributed by atoms with van der Waals surface area (Å²) in [4.78, 5) is 77.2. The minimum atomic E-state index is -1.31. The Morgan fingerprint density at radius 3 is 0.517 bits per heavy atom. The summed E-state index contributed by atoms with van der Waals surface area (Å²) in [6.45, 7) is 4.82. The maximum Gasteiger partial charge on any atom is 4.00 e. The van der Waals surface area contributed by atoms with Gasteiger partial charge in [0, 0.05) is 49.6 Å². The number of hydrogen-bond acceptors (Lipinski definition) is 12. The topological polar surface area (TPSA) is 229 Å². The van der Waals surface area contributed by atoms with Crippen molar-refractivity contribution in [3.63, 3.8) is 0 Å². The van der Waals surface area contributed by atoms with Gasteiger partial charge in [-0.05, 0) is 27.7 Å². The molecule has 0 aromatic rings. The summed E-state index contributed by atoms with van der Waals surface area (Å²) in [7, 11) is 0. The molecule has 0 aromatic heterocycles. The summed E-state index contributed by atoms with van der Waals surface area (Å²) in [6, 6.07) is 0. The van der Waals surface area contributed by atoms with Gasteiger partial charge in [0.05, 0.1) is 0 Å². The van der Waals surface area contributed by atoms with Crippen LogP contribution in [0.1, 0.15) is 53.4 Å². The molecular formula is C16H20O12Pb. The third kappa shape index (κ3) is 77.3. The molecule has 0 aliphatic heterocycles. The molecule has 0 unspecified atom stereocenters. The van der Waals surface area contributed by atoms with Crippen LogP contribution < -0.4 is 20.4 Å². The van der Waals surface area contributed by atoms with Gasteiger partial charge in [-0.2, -0.15) is 0 Å². The Kier molecular flexibility index (Phi) is 30.2. The van der Waals surface area contributed by atoms with E-state index in [9.17, 15) is 58.8 Å². The number of ketones is 4. The van der Waals surface area contributed by atoms with E-state index in [1.165, 1.54) is 27.7 Å². The molecule has 13 heteroatoms. The second-order valence-electron chi connectivity index (χ2n) is 5.00. The first-order chi connectivity index (χ1) is 12.5. The fourth-order valence-electron chi connectivity index (χ4n) is 0.813. The van der Waals surface area contributed by atoms with Gasteiger partial charge in [0.15, 0.2) is 0 Å². The van der Waals surface area contributed by atoms with Crippen molar-refractivity contribution in [2.24, 2.45) is 0 Å². The minimum absolute atomic E-state index is 0. The van der Waals surface area contributed by atoms with E-state index < -0.39 is 49.6 Å². The van der Waals surface area contributed by atoms with E-state index in [-0.39, 0.29) is 50.4 Å². The van der Waals surface area contributed by atoms with Gasteiger partial charge >= 0.3 is 27.3 Å². The molecule has 0 aliphatic carbocycles. The van der Waals surface area contributed by atoms with Crippen LogP contribution in [-0.4, -0.2) is 74.3 Å². The van der Waals surface area contributed by atoms with Gasteiger partial charge < -0.3 is 39.6 Å². The summed E-state index contributed by atoms with van der Waals surface area (Å²) in [6.07, 6.45) is -1.89. The molecule has 0 heterocycles. The van der Waals surface area contributed by atoms with Gasteiger partial charge in [-0.1, -0.05) is 0 Å². The van der Waals surface area contributed by atoms with Crippen LogP contribution in [0.5, 0.6) is 0 Å². The van der Waals surface area contributed by atoms with Crippen LogP contribution in [0, 0.1) is 0 Å². The van der Waals surface area contributed by atoms with Crippen molar-refractivity contribution in [1.29, 1.82) is 0 Å². The third-order valence-electron chi connectivity index (χ3n) is 1.57. The SMILES string of the molecule is CC(=O)CC(=O)[O-].CC(=O)CC(=O)[O-].CC(=O)CC(=O)[O-].CC(=O)CC(=O)[O-].[Pb+4]. The Morgan fingerprint density at radius 1 is 0.414 bits per heavy atom. The Labute approximate surface area is 186 Å². The van der Waals surface area contributed by atoms with E-state index in [2.05, 4.69) is 0 Å². The number of aliphatic carboxylic acids is 4. The van der Waals surface area contributed by atoms with E-state index in [1.54, 1.807) is 0 Å². The summed E-state index contributed by atoms with van der Waals surface area (Å²) in [5.74, 6) is -6.75. The fraction of sp³-hybridized carbons (Fsp3) is 0.500. The number of carboxylic acids is 4. The molecule has 0 saturated carbocycles. The Balaban J connectivity index is -0.0000000873. The van der Waals surface area contributed by atoms with Crippen LogP contribution >= 0.6 is 0 Å². The molecule has 0 N–H and O–H groups in total. The van der Waals surface area contributed by atoms with Crippen LogP contribution in [0.3, 0.4) is 0 Å². The Hall–Kier alpha value is -2.52. The predicted molar refractivity (Wildman–Crippen MR) is 87.0 cm³/mol. The van der Waals surface area contributed by atoms with Crippen molar-refractivity contribution in [2.45, 2.75) is 53.4 Å². The molecule has 12 nitrogen and oxygen atoms in total. The number of carbonyl (C=O) groups is 8. The first-order valence-corrected chi connectivity index (χ1v) is 7.28. The molecule has 0 fully saturated rings. The summed E-state index contributed by atoms with van der Waals surface area (Å²) >= 11 is 0. The van der Waals surface area contributed by atoms with Gasteiger partial charge in [-0.3, -0.25) is 19.2 Å². The first-order valence-electron chi connectivity index (χ1n) is 7.28. The predicted octanol–water partition coefficient (Wildman–Crippen LogP) is -5.52.